The maximum absolute atomic E-state index is 5.85. The molecule has 0 saturated heterocycles. The van der Waals surface area contributed by atoms with E-state index in [9.17, 15) is 0 Å². The summed E-state index contributed by atoms with van der Waals surface area (Å²) in [6.45, 7) is 2.24. The molecule has 1 aromatic heterocycles. The lowest BCUT2D eigenvalue weighted by molar-refractivity contribution is 0.315. The predicted molar refractivity (Wildman–Crippen MR) is 75.9 cm³/mol. The predicted octanol–water partition coefficient (Wildman–Crippen LogP) is 3.19. The fourth-order valence-electron chi connectivity index (χ4n) is 3.00. The number of nitrogens with zero attached hydrogens (tertiary/aromatic N) is 2. The molecule has 1 fully saturated rings. The van der Waals surface area contributed by atoms with Crippen molar-refractivity contribution in [1.82, 2.24) is 10.3 Å². The lowest BCUT2D eigenvalue weighted by atomic mass is 9.84. The van der Waals surface area contributed by atoms with Gasteiger partial charge in [0, 0.05) is 6.04 Å². The minimum atomic E-state index is 0.434. The third-order valence-electron chi connectivity index (χ3n) is 4.19. The molecule has 1 aromatic carbocycles. The molecule has 1 saturated carbocycles. The third-order valence-corrected chi connectivity index (χ3v) is 4.19. The van der Waals surface area contributed by atoms with E-state index in [4.69, 9.17) is 10.4 Å². The number of benzene rings is 1. The van der Waals surface area contributed by atoms with Gasteiger partial charge in [-0.1, -0.05) is 19.3 Å². The highest BCUT2D eigenvalue weighted by molar-refractivity contribution is 5.95. The van der Waals surface area contributed by atoms with Gasteiger partial charge in [0.1, 0.15) is 0 Å². The lowest BCUT2D eigenvalue weighted by Gasteiger charge is -2.29. The van der Waals surface area contributed by atoms with E-state index >= 15 is 0 Å². The molecule has 1 aliphatic carbocycles. The molecule has 5 heteroatoms. The Morgan fingerprint density at radius 3 is 2.74 bits per heavy atom. The molecule has 3 N–H and O–H groups in total. The first-order chi connectivity index (χ1) is 9.25. The Balaban J connectivity index is 1.81. The average molecular weight is 260 g/mol. The minimum Gasteiger partial charge on any atom is -0.397 e. The van der Waals surface area contributed by atoms with Gasteiger partial charge in [-0.25, -0.2) is 4.63 Å². The highest BCUT2D eigenvalue weighted by atomic mass is 16.6. The monoisotopic (exact) mass is 260 g/mol. The summed E-state index contributed by atoms with van der Waals surface area (Å²) < 4.78 is 4.79. The molecule has 1 unspecified atom stereocenters. The van der Waals surface area contributed by atoms with E-state index in [1.807, 2.05) is 12.1 Å². The van der Waals surface area contributed by atoms with E-state index in [2.05, 4.69) is 22.6 Å². The fourth-order valence-corrected chi connectivity index (χ4v) is 3.00. The Morgan fingerprint density at radius 1 is 1.21 bits per heavy atom. The van der Waals surface area contributed by atoms with Gasteiger partial charge in [-0.3, -0.25) is 0 Å². The van der Waals surface area contributed by atoms with Crippen LogP contribution in [0.1, 0.15) is 39.0 Å². The van der Waals surface area contributed by atoms with E-state index in [-0.39, 0.29) is 0 Å². The molecular formula is C14H20N4O. The second kappa shape index (κ2) is 5.07. The molecule has 3 rings (SSSR count). The van der Waals surface area contributed by atoms with Crippen molar-refractivity contribution in [3.05, 3.63) is 12.1 Å². The number of anilines is 2. The van der Waals surface area contributed by atoms with Crippen LogP contribution in [0.3, 0.4) is 0 Å². The molecule has 0 aliphatic heterocycles. The van der Waals surface area contributed by atoms with Crippen molar-refractivity contribution in [2.24, 2.45) is 5.92 Å². The zero-order valence-electron chi connectivity index (χ0n) is 11.2. The highest BCUT2D eigenvalue weighted by Gasteiger charge is 2.21. The Bertz CT molecular complexity index is 560. The van der Waals surface area contributed by atoms with Crippen molar-refractivity contribution in [1.29, 1.82) is 0 Å². The number of nitrogens with one attached hydrogen (secondary N) is 1. The zero-order valence-corrected chi connectivity index (χ0v) is 11.2. The van der Waals surface area contributed by atoms with Gasteiger partial charge >= 0.3 is 0 Å². The smallest absolute Gasteiger partial charge is 0.160 e. The van der Waals surface area contributed by atoms with Gasteiger partial charge in [0.2, 0.25) is 0 Å². The largest absolute Gasteiger partial charge is 0.397 e. The molecule has 1 aliphatic rings. The topological polar surface area (TPSA) is 77.0 Å². The summed E-state index contributed by atoms with van der Waals surface area (Å²) in [6.07, 6.45) is 6.69. The molecular weight excluding hydrogens is 240 g/mol. The Hall–Kier alpha value is -1.78. The molecule has 19 heavy (non-hydrogen) atoms. The molecule has 102 valence electrons. The van der Waals surface area contributed by atoms with E-state index in [0.29, 0.717) is 17.2 Å². The number of hydrogen-bond donors (Lipinski definition) is 2. The summed E-state index contributed by atoms with van der Waals surface area (Å²) in [5.41, 5.74) is 8.78. The number of rotatable bonds is 3. The normalized spacial score (nSPS) is 18.6. The highest BCUT2D eigenvalue weighted by Crippen LogP contribution is 2.30. The molecule has 0 amide bonds. The number of hydrogen-bond acceptors (Lipinski definition) is 5. The fraction of sp³-hybridized carbons (Fsp3) is 0.571. The maximum atomic E-state index is 5.85. The first-order valence-electron chi connectivity index (χ1n) is 7.03. The summed E-state index contributed by atoms with van der Waals surface area (Å²) in [5.74, 6) is 0.737. The maximum Gasteiger partial charge on any atom is 0.160 e. The van der Waals surface area contributed by atoms with Gasteiger partial charge in [-0.05, 0) is 48.1 Å². The SMILES string of the molecule is CC(Nc1ccc(N)c2nonc12)C1CCCCC1. The Kier molecular flexibility index (Phi) is 3.27. The molecule has 0 radical (unpaired) electrons. The minimum absolute atomic E-state index is 0.434. The van der Waals surface area contributed by atoms with Crippen molar-refractivity contribution in [2.75, 3.05) is 11.1 Å². The van der Waals surface area contributed by atoms with Crippen LogP contribution in [0.5, 0.6) is 0 Å². The molecule has 2 aromatic rings. The molecule has 5 nitrogen and oxygen atoms in total. The summed E-state index contributed by atoms with van der Waals surface area (Å²) in [4.78, 5) is 0. The van der Waals surface area contributed by atoms with Crippen molar-refractivity contribution in [3.8, 4) is 0 Å². The van der Waals surface area contributed by atoms with Crippen molar-refractivity contribution in [2.45, 2.75) is 45.1 Å². The van der Waals surface area contributed by atoms with E-state index in [0.717, 1.165) is 17.1 Å². The first kappa shape index (κ1) is 12.3. The summed E-state index contributed by atoms with van der Waals surface area (Å²) in [7, 11) is 0. The number of nitrogen functional groups attached to an aromatic ring is 1. The van der Waals surface area contributed by atoms with Crippen LogP contribution in [-0.4, -0.2) is 16.4 Å². The number of nitrogens with two attached hydrogens (primary N) is 1. The molecule has 0 spiro atoms. The second-order valence-electron chi connectivity index (χ2n) is 5.49. The van der Waals surface area contributed by atoms with Crippen LogP contribution in [0.25, 0.3) is 11.0 Å². The van der Waals surface area contributed by atoms with Gasteiger partial charge in [0.25, 0.3) is 0 Å². The summed E-state index contributed by atoms with van der Waals surface area (Å²) in [5, 5.41) is 11.3. The quantitative estimate of drug-likeness (QED) is 0.829. The van der Waals surface area contributed by atoms with Crippen LogP contribution >= 0.6 is 0 Å². The van der Waals surface area contributed by atoms with E-state index in [1.165, 1.54) is 32.1 Å². The van der Waals surface area contributed by atoms with Gasteiger partial charge in [-0.15, -0.1) is 0 Å². The van der Waals surface area contributed by atoms with Crippen LogP contribution in [0.2, 0.25) is 0 Å². The van der Waals surface area contributed by atoms with Gasteiger partial charge in [0.05, 0.1) is 11.4 Å². The van der Waals surface area contributed by atoms with Crippen LogP contribution in [0.4, 0.5) is 11.4 Å². The second-order valence-corrected chi connectivity index (χ2v) is 5.49. The van der Waals surface area contributed by atoms with Gasteiger partial charge < -0.3 is 11.1 Å². The molecule has 1 heterocycles. The molecule has 0 bridgehead atoms. The Morgan fingerprint density at radius 2 is 1.95 bits per heavy atom. The Labute approximate surface area is 112 Å². The van der Waals surface area contributed by atoms with E-state index in [1.54, 1.807) is 0 Å². The van der Waals surface area contributed by atoms with Crippen LogP contribution in [0, 0.1) is 5.92 Å². The van der Waals surface area contributed by atoms with E-state index < -0.39 is 0 Å². The average Bonchev–Trinajstić information content (AvgIpc) is 2.93. The van der Waals surface area contributed by atoms with Crippen molar-refractivity contribution in [3.63, 3.8) is 0 Å². The lowest BCUT2D eigenvalue weighted by Crippen LogP contribution is -2.27. The zero-order chi connectivity index (χ0) is 13.2. The van der Waals surface area contributed by atoms with Crippen LogP contribution in [-0.2, 0) is 0 Å². The number of fused-ring (bicyclic) bond motifs is 1. The van der Waals surface area contributed by atoms with Crippen molar-refractivity contribution < 1.29 is 4.63 Å². The molecule has 1 atom stereocenters. The van der Waals surface area contributed by atoms with Crippen molar-refractivity contribution >= 4 is 22.4 Å². The van der Waals surface area contributed by atoms with Crippen LogP contribution in [0.15, 0.2) is 16.8 Å². The van der Waals surface area contributed by atoms with Gasteiger partial charge in [-0.2, -0.15) is 0 Å². The summed E-state index contributed by atoms with van der Waals surface area (Å²) >= 11 is 0. The van der Waals surface area contributed by atoms with Gasteiger partial charge in [0.15, 0.2) is 11.0 Å². The standard InChI is InChI=1S/C14H20N4O/c1-9(10-5-3-2-4-6-10)16-12-8-7-11(15)13-14(12)18-19-17-13/h7-10,16H,2-6,15H2,1H3. The third kappa shape index (κ3) is 2.37. The van der Waals surface area contributed by atoms with Crippen LogP contribution < -0.4 is 11.1 Å². The summed E-state index contributed by atoms with van der Waals surface area (Å²) in [6, 6.07) is 4.24. The number of aromatic nitrogens is 2. The first-order valence-corrected chi connectivity index (χ1v) is 7.03.